The molecule has 2 unspecified atom stereocenters. The Balaban J connectivity index is 1.66. The summed E-state index contributed by atoms with van der Waals surface area (Å²) in [6, 6.07) is 6.78. The normalized spacial score (nSPS) is 18.9. The maximum absolute atomic E-state index is 9.13. The quantitative estimate of drug-likeness (QED) is 0.855. The number of hydrogen-bond donors (Lipinski definition) is 2. The zero-order valence-corrected chi connectivity index (χ0v) is 13.1. The summed E-state index contributed by atoms with van der Waals surface area (Å²) in [4.78, 5) is 4.40. The fourth-order valence-corrected chi connectivity index (χ4v) is 3.31. The van der Waals surface area contributed by atoms with Crippen LogP contribution in [0, 0.1) is 0 Å². The highest BCUT2D eigenvalue weighted by atomic mass is 16.3. The molecule has 118 valence electrons. The van der Waals surface area contributed by atoms with Gasteiger partial charge in [0.05, 0.1) is 19.3 Å². The Morgan fingerprint density at radius 1 is 1.45 bits per heavy atom. The van der Waals surface area contributed by atoms with Crippen LogP contribution in [-0.4, -0.2) is 32.5 Å². The van der Waals surface area contributed by atoms with E-state index in [1.165, 1.54) is 11.3 Å². The van der Waals surface area contributed by atoms with Gasteiger partial charge in [0, 0.05) is 41.7 Å². The minimum Gasteiger partial charge on any atom is -0.394 e. The lowest BCUT2D eigenvalue weighted by Crippen LogP contribution is -2.34. The molecule has 2 heterocycles. The van der Waals surface area contributed by atoms with Gasteiger partial charge < -0.3 is 10.4 Å². The van der Waals surface area contributed by atoms with Crippen LogP contribution in [0.15, 0.2) is 30.6 Å². The second-order valence-electron chi connectivity index (χ2n) is 6.03. The molecule has 0 saturated carbocycles. The molecule has 3 rings (SSSR count). The van der Waals surface area contributed by atoms with E-state index < -0.39 is 0 Å². The number of aromatic nitrogens is 3. The van der Waals surface area contributed by atoms with E-state index in [0.29, 0.717) is 18.6 Å². The molecule has 0 bridgehead atoms. The van der Waals surface area contributed by atoms with Gasteiger partial charge in [-0.2, -0.15) is 5.10 Å². The van der Waals surface area contributed by atoms with Crippen LogP contribution in [0.3, 0.4) is 0 Å². The Hall–Kier alpha value is -1.72. The van der Waals surface area contributed by atoms with E-state index in [9.17, 15) is 0 Å². The third-order valence-electron chi connectivity index (χ3n) is 4.30. The van der Waals surface area contributed by atoms with Crippen LogP contribution >= 0.6 is 0 Å². The number of hydrogen-bond acceptors (Lipinski definition) is 4. The number of nitrogens with zero attached hydrogens (tertiary/aromatic N) is 3. The first-order chi connectivity index (χ1) is 10.8. The molecule has 1 aliphatic rings. The van der Waals surface area contributed by atoms with E-state index in [0.717, 1.165) is 31.4 Å². The molecule has 22 heavy (non-hydrogen) atoms. The predicted molar refractivity (Wildman–Crippen MR) is 85.5 cm³/mol. The molecule has 2 N–H and O–H groups in total. The monoisotopic (exact) mass is 300 g/mol. The molecule has 5 heteroatoms. The van der Waals surface area contributed by atoms with Crippen LogP contribution in [0.2, 0.25) is 0 Å². The molecule has 0 aromatic carbocycles. The van der Waals surface area contributed by atoms with Crippen molar-refractivity contribution < 1.29 is 5.11 Å². The van der Waals surface area contributed by atoms with Crippen LogP contribution in [-0.2, 0) is 19.4 Å². The van der Waals surface area contributed by atoms with Gasteiger partial charge in [-0.1, -0.05) is 6.07 Å². The number of nitrogens with one attached hydrogen (secondary N) is 1. The molecular formula is C17H24N4O. The SMILES string of the molecule is CC(Cc1ccccn1)NC1CCCc2c1cnn2CCO. The fourth-order valence-electron chi connectivity index (χ4n) is 3.31. The van der Waals surface area contributed by atoms with Crippen molar-refractivity contribution in [2.75, 3.05) is 6.61 Å². The van der Waals surface area contributed by atoms with Gasteiger partial charge in [-0.3, -0.25) is 9.67 Å². The van der Waals surface area contributed by atoms with Gasteiger partial charge in [0.2, 0.25) is 0 Å². The minimum atomic E-state index is 0.141. The summed E-state index contributed by atoms with van der Waals surface area (Å²) in [7, 11) is 0. The maximum atomic E-state index is 9.13. The van der Waals surface area contributed by atoms with Gasteiger partial charge in [-0.05, 0) is 38.3 Å². The first-order valence-electron chi connectivity index (χ1n) is 8.09. The number of aliphatic hydroxyl groups is 1. The lowest BCUT2D eigenvalue weighted by atomic mass is 9.92. The van der Waals surface area contributed by atoms with Gasteiger partial charge >= 0.3 is 0 Å². The zero-order chi connectivity index (χ0) is 15.4. The van der Waals surface area contributed by atoms with Crippen molar-refractivity contribution in [2.24, 2.45) is 0 Å². The Morgan fingerprint density at radius 2 is 2.36 bits per heavy atom. The summed E-state index contributed by atoms with van der Waals surface area (Å²) < 4.78 is 1.95. The standard InChI is InChI=1S/C17H24N4O/c1-13(11-14-5-2-3-8-18-14)20-16-6-4-7-17-15(16)12-19-21(17)9-10-22/h2-3,5,8,12-13,16,20,22H,4,6-7,9-11H2,1H3. The summed E-state index contributed by atoms with van der Waals surface area (Å²) in [5.74, 6) is 0. The van der Waals surface area contributed by atoms with E-state index >= 15 is 0 Å². The van der Waals surface area contributed by atoms with E-state index in [4.69, 9.17) is 5.11 Å². The number of pyridine rings is 1. The molecule has 0 saturated heterocycles. The van der Waals surface area contributed by atoms with Crippen molar-refractivity contribution in [3.63, 3.8) is 0 Å². The largest absolute Gasteiger partial charge is 0.394 e. The average molecular weight is 300 g/mol. The summed E-state index contributed by atoms with van der Waals surface area (Å²) in [5, 5.41) is 17.3. The highest BCUT2D eigenvalue weighted by Crippen LogP contribution is 2.30. The average Bonchev–Trinajstić information content (AvgIpc) is 2.93. The van der Waals surface area contributed by atoms with Crippen molar-refractivity contribution in [1.29, 1.82) is 0 Å². The molecule has 0 radical (unpaired) electrons. The van der Waals surface area contributed by atoms with Crippen molar-refractivity contribution in [3.05, 3.63) is 47.5 Å². The molecule has 0 amide bonds. The summed E-state index contributed by atoms with van der Waals surface area (Å²) in [6.07, 6.45) is 8.11. The van der Waals surface area contributed by atoms with Crippen LogP contribution in [0.5, 0.6) is 0 Å². The summed E-state index contributed by atoms with van der Waals surface area (Å²) in [6.45, 7) is 2.94. The second kappa shape index (κ2) is 7.03. The Morgan fingerprint density at radius 3 is 3.14 bits per heavy atom. The number of fused-ring (bicyclic) bond motifs is 1. The van der Waals surface area contributed by atoms with E-state index in [2.05, 4.69) is 28.4 Å². The molecular weight excluding hydrogens is 276 g/mol. The molecule has 0 fully saturated rings. The molecule has 2 atom stereocenters. The Labute approximate surface area is 131 Å². The number of aliphatic hydroxyl groups excluding tert-OH is 1. The maximum Gasteiger partial charge on any atom is 0.0644 e. The topological polar surface area (TPSA) is 63.0 Å². The summed E-state index contributed by atoms with van der Waals surface area (Å²) in [5.41, 5.74) is 3.70. The van der Waals surface area contributed by atoms with Gasteiger partial charge in [0.25, 0.3) is 0 Å². The second-order valence-corrected chi connectivity index (χ2v) is 6.03. The van der Waals surface area contributed by atoms with E-state index in [-0.39, 0.29) is 6.61 Å². The highest BCUT2D eigenvalue weighted by Gasteiger charge is 2.25. The third kappa shape index (κ3) is 3.36. The van der Waals surface area contributed by atoms with Gasteiger partial charge in [0.1, 0.15) is 0 Å². The lowest BCUT2D eigenvalue weighted by Gasteiger charge is -2.27. The Bertz CT molecular complexity index is 596. The van der Waals surface area contributed by atoms with Crippen LogP contribution in [0.1, 0.15) is 42.8 Å². The van der Waals surface area contributed by atoms with Crippen molar-refractivity contribution in [3.8, 4) is 0 Å². The first-order valence-corrected chi connectivity index (χ1v) is 8.09. The van der Waals surface area contributed by atoms with Crippen molar-refractivity contribution in [2.45, 2.75) is 51.2 Å². The van der Waals surface area contributed by atoms with Gasteiger partial charge in [-0.25, -0.2) is 0 Å². The predicted octanol–water partition coefficient (Wildman–Crippen LogP) is 1.87. The molecule has 2 aromatic rings. The van der Waals surface area contributed by atoms with E-state index in [1.807, 2.05) is 29.2 Å². The molecule has 0 spiro atoms. The van der Waals surface area contributed by atoms with Crippen LogP contribution in [0.4, 0.5) is 0 Å². The van der Waals surface area contributed by atoms with Crippen molar-refractivity contribution >= 4 is 0 Å². The number of rotatable bonds is 6. The Kier molecular flexibility index (Phi) is 4.85. The first kappa shape index (κ1) is 15.2. The molecule has 2 aromatic heterocycles. The van der Waals surface area contributed by atoms with Gasteiger partial charge in [-0.15, -0.1) is 0 Å². The zero-order valence-electron chi connectivity index (χ0n) is 13.1. The summed E-state index contributed by atoms with van der Waals surface area (Å²) >= 11 is 0. The fraction of sp³-hybridized carbons (Fsp3) is 0.529. The van der Waals surface area contributed by atoms with Gasteiger partial charge in [0.15, 0.2) is 0 Å². The molecule has 0 aliphatic heterocycles. The smallest absolute Gasteiger partial charge is 0.0644 e. The lowest BCUT2D eigenvalue weighted by molar-refractivity contribution is 0.266. The van der Waals surface area contributed by atoms with Crippen LogP contribution in [0.25, 0.3) is 0 Å². The minimum absolute atomic E-state index is 0.141. The van der Waals surface area contributed by atoms with E-state index in [1.54, 1.807) is 0 Å². The van der Waals surface area contributed by atoms with Crippen molar-refractivity contribution in [1.82, 2.24) is 20.1 Å². The molecule has 5 nitrogen and oxygen atoms in total. The third-order valence-corrected chi connectivity index (χ3v) is 4.30. The highest BCUT2D eigenvalue weighted by molar-refractivity contribution is 5.25. The molecule has 1 aliphatic carbocycles. The van der Waals surface area contributed by atoms with Crippen LogP contribution < -0.4 is 5.32 Å².